The van der Waals surface area contributed by atoms with Gasteiger partial charge in [-0.15, -0.1) is 0 Å². The number of benzene rings is 1. The molecule has 2 rings (SSSR count). The van der Waals surface area contributed by atoms with E-state index in [1.807, 2.05) is 6.92 Å². The van der Waals surface area contributed by atoms with Crippen molar-refractivity contribution in [2.75, 3.05) is 7.11 Å². The van der Waals surface area contributed by atoms with Gasteiger partial charge in [0.15, 0.2) is 5.78 Å². The minimum atomic E-state index is -0.00277. The molecular weight excluding hydrogens is 192 g/mol. The summed E-state index contributed by atoms with van der Waals surface area (Å²) in [6.07, 6.45) is 1.64. The van der Waals surface area contributed by atoms with Gasteiger partial charge < -0.3 is 9.15 Å². The predicted octanol–water partition coefficient (Wildman–Crippen LogP) is 2.95. The van der Waals surface area contributed by atoms with Crippen molar-refractivity contribution in [2.24, 2.45) is 0 Å². The van der Waals surface area contributed by atoms with Crippen molar-refractivity contribution < 1.29 is 13.9 Å². The van der Waals surface area contributed by atoms with Gasteiger partial charge in [0.25, 0.3) is 0 Å². The number of hydrogen-bond acceptors (Lipinski definition) is 3. The van der Waals surface area contributed by atoms with Crippen LogP contribution in [0.15, 0.2) is 22.8 Å². The third kappa shape index (κ3) is 1.40. The van der Waals surface area contributed by atoms with Crippen molar-refractivity contribution in [1.29, 1.82) is 0 Å². The first kappa shape index (κ1) is 9.77. The molecule has 3 nitrogen and oxygen atoms in total. The Bertz CT molecular complexity index is 523. The number of rotatable bonds is 2. The summed E-state index contributed by atoms with van der Waals surface area (Å²) in [7, 11) is 1.61. The molecule has 0 bridgehead atoms. The lowest BCUT2D eigenvalue weighted by Crippen LogP contribution is -1.94. The molecule has 0 unspecified atom stereocenters. The van der Waals surface area contributed by atoms with E-state index in [-0.39, 0.29) is 5.78 Å². The van der Waals surface area contributed by atoms with Crippen LogP contribution in [0.2, 0.25) is 0 Å². The van der Waals surface area contributed by atoms with Crippen molar-refractivity contribution in [3.63, 3.8) is 0 Å². The van der Waals surface area contributed by atoms with Crippen LogP contribution in [0, 0.1) is 6.92 Å². The number of Topliss-reactive ketones (excluding diaryl/α,β-unsaturated/α-hetero) is 1. The lowest BCUT2D eigenvalue weighted by molar-refractivity contribution is 0.101. The number of methoxy groups -OCH3 is 1. The summed E-state index contributed by atoms with van der Waals surface area (Å²) < 4.78 is 10.6. The minimum absolute atomic E-state index is 0.00277. The van der Waals surface area contributed by atoms with Crippen molar-refractivity contribution in [3.05, 3.63) is 29.5 Å². The minimum Gasteiger partial charge on any atom is -0.496 e. The lowest BCUT2D eigenvalue weighted by Gasteiger charge is -2.04. The summed E-state index contributed by atoms with van der Waals surface area (Å²) in [6, 6.07) is 3.52. The van der Waals surface area contributed by atoms with Crippen LogP contribution in [0.3, 0.4) is 0 Å². The summed E-state index contributed by atoms with van der Waals surface area (Å²) in [5.74, 6) is 0.734. The highest BCUT2D eigenvalue weighted by Crippen LogP contribution is 2.32. The Morgan fingerprint density at radius 3 is 2.73 bits per heavy atom. The maximum absolute atomic E-state index is 11.4. The molecule has 0 aliphatic carbocycles. The molecule has 0 spiro atoms. The van der Waals surface area contributed by atoms with Crippen molar-refractivity contribution in [3.8, 4) is 5.75 Å². The normalized spacial score (nSPS) is 10.6. The van der Waals surface area contributed by atoms with E-state index in [0.717, 1.165) is 16.7 Å². The molecule has 78 valence electrons. The van der Waals surface area contributed by atoms with Crippen molar-refractivity contribution in [2.45, 2.75) is 13.8 Å². The molecule has 0 fully saturated rings. The van der Waals surface area contributed by atoms with Crippen LogP contribution >= 0.6 is 0 Å². The van der Waals surface area contributed by atoms with Gasteiger partial charge >= 0.3 is 0 Å². The predicted molar refractivity (Wildman–Crippen MR) is 57.5 cm³/mol. The van der Waals surface area contributed by atoms with Crippen molar-refractivity contribution in [1.82, 2.24) is 0 Å². The fraction of sp³-hybridized carbons (Fsp3) is 0.250. The van der Waals surface area contributed by atoms with Gasteiger partial charge in [-0.1, -0.05) is 0 Å². The molecule has 0 amide bonds. The number of carbonyl (C=O) groups excluding carboxylic acids is 1. The number of furan rings is 1. The summed E-state index contributed by atoms with van der Waals surface area (Å²) >= 11 is 0. The largest absolute Gasteiger partial charge is 0.496 e. The standard InChI is InChI=1S/C12H12O3/c1-7-6-15-12-9(8(2)13)4-5-10(14-3)11(7)12/h4-6H,1-3H3. The topological polar surface area (TPSA) is 39.4 Å². The second-order valence-electron chi connectivity index (χ2n) is 3.49. The van der Waals surface area contributed by atoms with Gasteiger partial charge in [-0.05, 0) is 31.5 Å². The Morgan fingerprint density at radius 1 is 1.40 bits per heavy atom. The molecule has 1 aromatic heterocycles. The summed E-state index contributed by atoms with van der Waals surface area (Å²) in [5.41, 5.74) is 2.18. The third-order valence-electron chi connectivity index (χ3n) is 2.47. The average Bonchev–Trinajstić information content (AvgIpc) is 2.60. The Morgan fingerprint density at radius 2 is 2.13 bits per heavy atom. The molecule has 0 saturated heterocycles. The van der Waals surface area contributed by atoms with Crippen LogP contribution in [0.4, 0.5) is 0 Å². The van der Waals surface area contributed by atoms with Crippen LogP contribution in [0.5, 0.6) is 5.75 Å². The summed E-state index contributed by atoms with van der Waals surface area (Å²) in [6.45, 7) is 3.46. The number of ketones is 1. The van der Waals surface area contributed by atoms with Gasteiger partial charge in [0.2, 0.25) is 0 Å². The van der Waals surface area contributed by atoms with E-state index in [0.29, 0.717) is 11.1 Å². The molecule has 0 saturated carbocycles. The molecule has 0 radical (unpaired) electrons. The maximum Gasteiger partial charge on any atom is 0.163 e. The molecule has 1 heterocycles. The third-order valence-corrected chi connectivity index (χ3v) is 2.47. The second-order valence-corrected chi connectivity index (χ2v) is 3.49. The van der Waals surface area contributed by atoms with Gasteiger partial charge in [-0.2, -0.15) is 0 Å². The maximum atomic E-state index is 11.4. The first-order valence-electron chi connectivity index (χ1n) is 4.71. The molecular formula is C12H12O3. The SMILES string of the molecule is COc1ccc(C(C)=O)c2occ(C)c12. The molecule has 0 aliphatic rings. The monoisotopic (exact) mass is 204 g/mol. The fourth-order valence-corrected chi connectivity index (χ4v) is 1.71. The zero-order valence-electron chi connectivity index (χ0n) is 8.96. The molecule has 15 heavy (non-hydrogen) atoms. The van der Waals surface area contributed by atoms with Crippen LogP contribution < -0.4 is 4.74 Å². The number of fused-ring (bicyclic) bond motifs is 1. The average molecular weight is 204 g/mol. The van der Waals surface area contributed by atoms with Gasteiger partial charge in [0.05, 0.1) is 24.3 Å². The van der Waals surface area contributed by atoms with E-state index in [9.17, 15) is 4.79 Å². The zero-order chi connectivity index (χ0) is 11.0. The Labute approximate surface area is 87.6 Å². The Balaban J connectivity index is 2.85. The molecule has 1 aromatic carbocycles. The van der Waals surface area contributed by atoms with E-state index in [2.05, 4.69) is 0 Å². The van der Waals surface area contributed by atoms with Gasteiger partial charge in [0.1, 0.15) is 11.3 Å². The Kier molecular flexibility index (Phi) is 2.23. The first-order valence-corrected chi connectivity index (χ1v) is 4.71. The van der Waals surface area contributed by atoms with Crippen molar-refractivity contribution >= 4 is 16.8 Å². The van der Waals surface area contributed by atoms with E-state index in [1.54, 1.807) is 25.5 Å². The van der Waals surface area contributed by atoms with Gasteiger partial charge in [-0.25, -0.2) is 0 Å². The quantitative estimate of drug-likeness (QED) is 0.706. The fourth-order valence-electron chi connectivity index (χ4n) is 1.71. The van der Waals surface area contributed by atoms with Crippen LogP contribution in [0.1, 0.15) is 22.8 Å². The number of ether oxygens (including phenoxy) is 1. The number of carbonyl (C=O) groups is 1. The van der Waals surface area contributed by atoms with E-state index >= 15 is 0 Å². The molecule has 3 heteroatoms. The highest BCUT2D eigenvalue weighted by molar-refractivity contribution is 6.07. The molecule has 2 aromatic rings. The van der Waals surface area contributed by atoms with E-state index < -0.39 is 0 Å². The Hall–Kier alpha value is -1.77. The molecule has 0 aliphatic heterocycles. The molecule has 0 atom stereocenters. The number of hydrogen-bond donors (Lipinski definition) is 0. The summed E-state index contributed by atoms with van der Waals surface area (Å²) in [5, 5.41) is 0.880. The van der Waals surface area contributed by atoms with Crippen LogP contribution in [0.25, 0.3) is 11.0 Å². The van der Waals surface area contributed by atoms with Crippen LogP contribution in [-0.2, 0) is 0 Å². The van der Waals surface area contributed by atoms with E-state index in [1.165, 1.54) is 6.92 Å². The van der Waals surface area contributed by atoms with E-state index in [4.69, 9.17) is 9.15 Å². The smallest absolute Gasteiger partial charge is 0.163 e. The van der Waals surface area contributed by atoms with Crippen LogP contribution in [-0.4, -0.2) is 12.9 Å². The number of aryl methyl sites for hydroxylation is 1. The first-order chi connectivity index (χ1) is 7.15. The van der Waals surface area contributed by atoms with Gasteiger partial charge in [-0.3, -0.25) is 4.79 Å². The summed E-state index contributed by atoms with van der Waals surface area (Å²) in [4.78, 5) is 11.4. The molecule has 0 N–H and O–H groups in total. The lowest BCUT2D eigenvalue weighted by atomic mass is 10.1. The zero-order valence-corrected chi connectivity index (χ0v) is 8.96. The highest BCUT2D eigenvalue weighted by Gasteiger charge is 2.14. The second kappa shape index (κ2) is 3.42. The van der Waals surface area contributed by atoms with Gasteiger partial charge in [0, 0.05) is 0 Å². The highest BCUT2D eigenvalue weighted by atomic mass is 16.5.